The Morgan fingerprint density at radius 3 is 1.93 bits per heavy atom. The Morgan fingerprint density at radius 2 is 1.41 bits per heavy atom. The molecule has 248 valence electrons. The highest BCUT2D eigenvalue weighted by Crippen LogP contribution is 2.28. The van der Waals surface area contributed by atoms with E-state index in [-0.39, 0.29) is 35.3 Å². The van der Waals surface area contributed by atoms with Crippen LogP contribution < -0.4 is 5.32 Å². The molecule has 0 radical (unpaired) electrons. The average Bonchev–Trinajstić information content (AvgIpc) is 3.65. The minimum atomic E-state index is 0. The largest absolute Gasteiger partial charge is 0.381 e. The first-order chi connectivity index (χ1) is 20.4. The molecule has 0 amide bonds. The molecule has 0 saturated carbocycles. The lowest BCUT2D eigenvalue weighted by Gasteiger charge is -2.37. The molecule has 0 unspecified atom stereocenters. The van der Waals surface area contributed by atoms with Crippen molar-refractivity contribution in [3.8, 4) is 0 Å². The minimum absolute atomic E-state index is 0. The van der Waals surface area contributed by atoms with E-state index in [1.165, 1.54) is 48.7 Å². The summed E-state index contributed by atoms with van der Waals surface area (Å²) in [4.78, 5) is 29.8. The van der Waals surface area contributed by atoms with Gasteiger partial charge in [-0.25, -0.2) is 0 Å². The zero-order chi connectivity index (χ0) is 31.0. The zero-order valence-electron chi connectivity index (χ0n) is 27.8. The maximum atomic E-state index is 13.0. The normalized spacial score (nSPS) is 22.0. The lowest BCUT2D eigenvalue weighted by molar-refractivity contribution is -0.125. The first kappa shape index (κ1) is 37.2. The second-order valence-electron chi connectivity index (χ2n) is 14.7. The number of piperidine rings is 2. The molecule has 0 aromatic carbocycles. The molecule has 5 heterocycles. The molecule has 2 aromatic rings. The van der Waals surface area contributed by atoms with E-state index in [2.05, 4.69) is 72.6 Å². The molecule has 3 aliphatic heterocycles. The number of ether oxygens (including phenoxy) is 1. The van der Waals surface area contributed by atoms with Gasteiger partial charge in [-0.05, 0) is 92.7 Å². The van der Waals surface area contributed by atoms with Gasteiger partial charge in [-0.1, -0.05) is 54.4 Å². The van der Waals surface area contributed by atoms with Crippen LogP contribution in [0.4, 0.5) is 0 Å². The van der Waals surface area contributed by atoms with E-state index in [1.807, 2.05) is 0 Å². The second-order valence-corrected chi connectivity index (χ2v) is 16.5. The fourth-order valence-electron chi connectivity index (χ4n) is 6.05. The highest BCUT2D eigenvalue weighted by atomic mass is 35.5. The van der Waals surface area contributed by atoms with Gasteiger partial charge in [-0.15, -0.1) is 12.4 Å². The molecular weight excluding hydrogens is 612 g/mol. The summed E-state index contributed by atoms with van der Waals surface area (Å²) in [7, 11) is 0. The molecule has 3 aliphatic rings. The van der Waals surface area contributed by atoms with E-state index in [0.717, 1.165) is 79.7 Å². The number of hydrogen-bond donors (Lipinski definition) is 1. The van der Waals surface area contributed by atoms with Gasteiger partial charge in [0, 0.05) is 53.2 Å². The van der Waals surface area contributed by atoms with Gasteiger partial charge in [-0.3, -0.25) is 14.5 Å². The molecule has 1 N–H and O–H groups in total. The monoisotopic (exact) mass is 666 g/mol. The van der Waals surface area contributed by atoms with Gasteiger partial charge in [0.15, 0.2) is 11.6 Å². The third-order valence-corrected chi connectivity index (χ3v) is 10.4. The zero-order valence-corrected chi connectivity index (χ0v) is 30.2. The Hall–Kier alpha value is -1.23. The number of likely N-dealkylation sites (tertiary alicyclic amines) is 1. The van der Waals surface area contributed by atoms with Gasteiger partial charge in [0.25, 0.3) is 0 Å². The van der Waals surface area contributed by atoms with E-state index in [9.17, 15) is 9.59 Å². The number of ketones is 2. The number of carbonyl (C=O) groups excluding carboxylic acids is 2. The van der Waals surface area contributed by atoms with E-state index in [4.69, 9.17) is 4.74 Å². The fraction of sp³-hybridized carbons (Fsp3) is 0.765. The molecule has 7 nitrogen and oxygen atoms in total. The van der Waals surface area contributed by atoms with Crippen LogP contribution in [0.5, 0.6) is 0 Å². The van der Waals surface area contributed by atoms with Crippen molar-refractivity contribution in [1.82, 2.24) is 19.0 Å². The van der Waals surface area contributed by atoms with Crippen molar-refractivity contribution in [2.45, 2.75) is 129 Å². The summed E-state index contributed by atoms with van der Waals surface area (Å²) < 4.78 is 14.5. The number of halogens is 1. The summed E-state index contributed by atoms with van der Waals surface area (Å²) in [6.45, 7) is 17.8. The van der Waals surface area contributed by atoms with Crippen molar-refractivity contribution in [2.24, 2.45) is 5.92 Å². The fourth-order valence-corrected chi connectivity index (χ4v) is 7.87. The molecule has 44 heavy (non-hydrogen) atoms. The quantitative estimate of drug-likeness (QED) is 0.326. The summed E-state index contributed by atoms with van der Waals surface area (Å²) in [6.07, 6.45) is 10.1. The SMILES string of the molecule is CC(C)(C)c1cc(CC(=O)[C@@H]2CCCCN2)sn1.CC(C)(C)c1cc(CC(=O)[C@@H]2CCCCN2CC2CCOCC2)sn1.Cl. The molecule has 2 atom stereocenters. The smallest absolute Gasteiger partial charge is 0.155 e. The van der Waals surface area contributed by atoms with E-state index in [1.54, 1.807) is 0 Å². The predicted octanol–water partition coefficient (Wildman–Crippen LogP) is 6.95. The third-order valence-electron chi connectivity index (χ3n) is 8.87. The van der Waals surface area contributed by atoms with Crippen molar-refractivity contribution < 1.29 is 14.3 Å². The van der Waals surface area contributed by atoms with Gasteiger partial charge >= 0.3 is 0 Å². The summed E-state index contributed by atoms with van der Waals surface area (Å²) >= 11 is 2.97. The van der Waals surface area contributed by atoms with Gasteiger partial charge < -0.3 is 10.1 Å². The van der Waals surface area contributed by atoms with Gasteiger partial charge in [0.05, 0.1) is 23.5 Å². The van der Waals surface area contributed by atoms with Crippen LogP contribution in [0.15, 0.2) is 12.1 Å². The van der Waals surface area contributed by atoms with Crippen LogP contribution in [0.3, 0.4) is 0 Å². The van der Waals surface area contributed by atoms with Crippen molar-refractivity contribution in [2.75, 3.05) is 32.8 Å². The number of carbonyl (C=O) groups is 2. The lowest BCUT2D eigenvalue weighted by atomic mass is 9.91. The Labute approximate surface area is 280 Å². The summed E-state index contributed by atoms with van der Waals surface area (Å²) in [6, 6.07) is 4.40. The highest BCUT2D eigenvalue weighted by molar-refractivity contribution is 7.06. The summed E-state index contributed by atoms with van der Waals surface area (Å²) in [5, 5.41) is 3.31. The number of hydrogen-bond acceptors (Lipinski definition) is 9. The maximum absolute atomic E-state index is 13.0. The predicted molar refractivity (Wildman–Crippen MR) is 185 cm³/mol. The van der Waals surface area contributed by atoms with Crippen LogP contribution in [0, 0.1) is 5.92 Å². The highest BCUT2D eigenvalue weighted by Gasteiger charge is 2.31. The molecule has 0 spiro atoms. The number of nitrogens with zero attached hydrogens (tertiary/aromatic N) is 3. The van der Waals surface area contributed by atoms with Crippen LogP contribution in [0.1, 0.15) is 114 Å². The maximum Gasteiger partial charge on any atom is 0.155 e. The Kier molecular flexibility index (Phi) is 14.4. The molecule has 10 heteroatoms. The molecule has 2 aromatic heterocycles. The van der Waals surface area contributed by atoms with Crippen molar-refractivity contribution in [1.29, 1.82) is 0 Å². The molecular formula is C34H55ClN4O3S2. The number of nitrogens with one attached hydrogen (secondary N) is 1. The number of Topliss-reactive ketones (excluding diaryl/α,β-unsaturated/α-hetero) is 2. The van der Waals surface area contributed by atoms with Crippen LogP contribution in [0.25, 0.3) is 0 Å². The standard InChI is InChI=1S/C20H32N2O2S.C14H22N2OS.ClH/c1-20(2,3)19-13-16(25-21-19)12-18(23)17-6-4-5-9-22(17)14-15-7-10-24-11-8-15;1-14(2,3)13-9-10(18-16-13)8-12(17)11-6-4-5-7-15-11;/h13,15,17H,4-12,14H2,1-3H3;9,11,15H,4-8H2,1-3H3;1H/t17-;11-;/m00./s1. The Morgan fingerprint density at radius 1 is 0.841 bits per heavy atom. The first-order valence-electron chi connectivity index (χ1n) is 16.4. The first-order valence-corrected chi connectivity index (χ1v) is 18.0. The van der Waals surface area contributed by atoms with Crippen molar-refractivity contribution in [3.63, 3.8) is 0 Å². The van der Waals surface area contributed by atoms with Gasteiger partial charge in [0.1, 0.15) is 0 Å². The topological polar surface area (TPSA) is 84.4 Å². The molecule has 0 bridgehead atoms. The second kappa shape index (κ2) is 17.1. The van der Waals surface area contributed by atoms with Crippen LogP contribution in [0.2, 0.25) is 0 Å². The van der Waals surface area contributed by atoms with E-state index in [0.29, 0.717) is 30.3 Å². The van der Waals surface area contributed by atoms with Crippen LogP contribution >= 0.6 is 35.5 Å². The molecule has 3 fully saturated rings. The Bertz CT molecular complexity index is 1170. The van der Waals surface area contributed by atoms with E-state index >= 15 is 0 Å². The minimum Gasteiger partial charge on any atom is -0.381 e. The van der Waals surface area contributed by atoms with Gasteiger partial charge in [-0.2, -0.15) is 8.75 Å². The van der Waals surface area contributed by atoms with Crippen LogP contribution in [-0.4, -0.2) is 70.1 Å². The third kappa shape index (κ3) is 11.2. The molecule has 0 aliphatic carbocycles. The average molecular weight is 667 g/mol. The molecule has 3 saturated heterocycles. The van der Waals surface area contributed by atoms with Crippen molar-refractivity contribution >= 4 is 47.0 Å². The number of rotatable bonds is 8. The Balaban J connectivity index is 0.000000247. The van der Waals surface area contributed by atoms with E-state index < -0.39 is 0 Å². The molecule has 5 rings (SSSR count). The van der Waals surface area contributed by atoms with Crippen molar-refractivity contribution in [3.05, 3.63) is 33.3 Å². The number of aromatic nitrogens is 2. The van der Waals surface area contributed by atoms with Gasteiger partial charge in [0.2, 0.25) is 0 Å². The van der Waals surface area contributed by atoms with Crippen LogP contribution in [-0.2, 0) is 38.0 Å². The summed E-state index contributed by atoms with van der Waals surface area (Å²) in [5.41, 5.74) is 2.31. The lowest BCUT2D eigenvalue weighted by Crippen LogP contribution is -2.47. The summed E-state index contributed by atoms with van der Waals surface area (Å²) in [5.74, 6) is 1.40.